The van der Waals surface area contributed by atoms with Gasteiger partial charge in [0.25, 0.3) is 0 Å². The second kappa shape index (κ2) is 4.31. The van der Waals surface area contributed by atoms with Gasteiger partial charge in [-0.15, -0.1) is 0 Å². The highest BCUT2D eigenvalue weighted by Crippen LogP contribution is 2.32. The Morgan fingerprint density at radius 2 is 2.31 bits per heavy atom. The van der Waals surface area contributed by atoms with Gasteiger partial charge in [-0.3, -0.25) is 4.79 Å². The minimum atomic E-state index is -0.854. The first-order valence-electron chi connectivity index (χ1n) is 5.87. The van der Waals surface area contributed by atoms with Crippen LogP contribution in [0.4, 0.5) is 4.79 Å². The van der Waals surface area contributed by atoms with Crippen LogP contribution in [0, 0.1) is 5.92 Å². The largest absolute Gasteiger partial charge is 0.481 e. The van der Waals surface area contributed by atoms with Gasteiger partial charge in [-0.05, 0) is 25.7 Å². The Morgan fingerprint density at radius 1 is 1.62 bits per heavy atom. The van der Waals surface area contributed by atoms with Gasteiger partial charge in [-0.1, -0.05) is 6.42 Å². The Morgan fingerprint density at radius 3 is 2.81 bits per heavy atom. The normalized spacial score (nSPS) is 27.4. The number of amides is 2. The van der Waals surface area contributed by atoms with Crippen molar-refractivity contribution in [3.8, 4) is 0 Å². The Labute approximate surface area is 94.8 Å². The van der Waals surface area contributed by atoms with Crippen molar-refractivity contribution in [2.45, 2.75) is 44.7 Å². The van der Waals surface area contributed by atoms with Crippen LogP contribution in [0.1, 0.15) is 32.6 Å². The van der Waals surface area contributed by atoms with Gasteiger partial charge in [0.05, 0.1) is 12.5 Å². The molecule has 16 heavy (non-hydrogen) atoms. The van der Waals surface area contributed by atoms with E-state index in [4.69, 9.17) is 5.11 Å². The number of nitrogens with zero attached hydrogens (tertiary/aromatic N) is 1. The second-order valence-electron chi connectivity index (χ2n) is 4.85. The fourth-order valence-corrected chi connectivity index (χ4v) is 2.43. The number of carboxylic acids is 1. The molecule has 2 aliphatic rings. The van der Waals surface area contributed by atoms with Gasteiger partial charge in [0.1, 0.15) is 0 Å². The molecule has 1 aliphatic heterocycles. The molecule has 1 aliphatic carbocycles. The first kappa shape index (κ1) is 11.2. The second-order valence-corrected chi connectivity index (χ2v) is 4.85. The van der Waals surface area contributed by atoms with Crippen LogP contribution >= 0.6 is 0 Å². The maximum atomic E-state index is 11.7. The minimum Gasteiger partial charge on any atom is -0.481 e. The van der Waals surface area contributed by atoms with E-state index in [1.807, 2.05) is 0 Å². The molecular formula is C11H18N2O3. The molecule has 0 aromatic rings. The molecule has 2 atom stereocenters. The van der Waals surface area contributed by atoms with Crippen molar-refractivity contribution in [3.63, 3.8) is 0 Å². The third kappa shape index (κ3) is 2.13. The number of rotatable bonds is 4. The van der Waals surface area contributed by atoms with Gasteiger partial charge in [0.15, 0.2) is 0 Å². The molecule has 1 saturated heterocycles. The molecular weight excluding hydrogens is 208 g/mol. The molecule has 0 bridgehead atoms. The maximum absolute atomic E-state index is 11.7. The molecule has 2 amide bonds. The molecule has 0 aromatic heterocycles. The zero-order valence-electron chi connectivity index (χ0n) is 9.48. The molecule has 5 heteroatoms. The molecule has 5 nitrogen and oxygen atoms in total. The van der Waals surface area contributed by atoms with E-state index in [1.54, 1.807) is 11.8 Å². The number of urea groups is 1. The highest BCUT2D eigenvalue weighted by Gasteiger charge is 2.38. The average Bonchev–Trinajstić information content (AvgIpc) is 2.42. The van der Waals surface area contributed by atoms with E-state index in [0.717, 1.165) is 0 Å². The van der Waals surface area contributed by atoms with Crippen molar-refractivity contribution >= 4 is 12.0 Å². The van der Waals surface area contributed by atoms with E-state index in [9.17, 15) is 9.59 Å². The van der Waals surface area contributed by atoms with Crippen LogP contribution in [-0.2, 0) is 4.79 Å². The van der Waals surface area contributed by atoms with E-state index < -0.39 is 5.97 Å². The smallest absolute Gasteiger partial charge is 0.318 e. The molecule has 0 spiro atoms. The van der Waals surface area contributed by atoms with E-state index in [0.29, 0.717) is 12.5 Å². The SMILES string of the molecule is CC(CC(=O)O)N1CC(C2CCC2)NC1=O. The monoisotopic (exact) mass is 226 g/mol. The summed E-state index contributed by atoms with van der Waals surface area (Å²) in [6, 6.07) is -0.0919. The maximum Gasteiger partial charge on any atom is 0.318 e. The quantitative estimate of drug-likeness (QED) is 0.752. The summed E-state index contributed by atoms with van der Waals surface area (Å²) in [5.41, 5.74) is 0. The van der Waals surface area contributed by atoms with Crippen LogP contribution in [0.15, 0.2) is 0 Å². The van der Waals surface area contributed by atoms with Gasteiger partial charge in [-0.2, -0.15) is 0 Å². The van der Waals surface area contributed by atoms with Gasteiger partial charge < -0.3 is 15.3 Å². The Bertz CT molecular complexity index is 302. The molecule has 0 aromatic carbocycles. The van der Waals surface area contributed by atoms with Crippen LogP contribution in [0.2, 0.25) is 0 Å². The number of carboxylic acid groups (broad SMARTS) is 1. The number of aliphatic carboxylic acids is 1. The van der Waals surface area contributed by atoms with E-state index in [1.165, 1.54) is 19.3 Å². The highest BCUT2D eigenvalue weighted by atomic mass is 16.4. The van der Waals surface area contributed by atoms with Crippen LogP contribution in [-0.4, -0.2) is 40.6 Å². The van der Waals surface area contributed by atoms with Crippen molar-refractivity contribution in [1.29, 1.82) is 0 Å². The fraction of sp³-hybridized carbons (Fsp3) is 0.818. The summed E-state index contributed by atoms with van der Waals surface area (Å²) in [6.07, 6.45) is 3.64. The van der Waals surface area contributed by atoms with Gasteiger partial charge >= 0.3 is 12.0 Å². The number of carbonyl (C=O) groups excluding carboxylic acids is 1. The van der Waals surface area contributed by atoms with Crippen LogP contribution in [0.5, 0.6) is 0 Å². The first-order valence-corrected chi connectivity index (χ1v) is 5.87. The van der Waals surface area contributed by atoms with E-state index in [-0.39, 0.29) is 24.5 Å². The molecule has 1 heterocycles. The fourth-order valence-electron chi connectivity index (χ4n) is 2.43. The molecule has 90 valence electrons. The molecule has 2 unspecified atom stereocenters. The summed E-state index contributed by atoms with van der Waals surface area (Å²) in [5, 5.41) is 11.7. The van der Waals surface area contributed by atoms with E-state index >= 15 is 0 Å². The zero-order valence-corrected chi connectivity index (χ0v) is 9.48. The number of hydrogen-bond donors (Lipinski definition) is 2. The molecule has 2 N–H and O–H groups in total. The minimum absolute atomic E-state index is 0.0187. The Hall–Kier alpha value is -1.26. The van der Waals surface area contributed by atoms with Crippen LogP contribution < -0.4 is 5.32 Å². The molecule has 2 rings (SSSR count). The lowest BCUT2D eigenvalue weighted by atomic mass is 9.80. The van der Waals surface area contributed by atoms with Gasteiger partial charge in [-0.25, -0.2) is 4.79 Å². The lowest BCUT2D eigenvalue weighted by Crippen LogP contribution is -2.37. The van der Waals surface area contributed by atoms with Crippen molar-refractivity contribution in [1.82, 2.24) is 10.2 Å². The number of hydrogen-bond acceptors (Lipinski definition) is 2. The lowest BCUT2D eigenvalue weighted by Gasteiger charge is -2.31. The Kier molecular flexibility index (Phi) is 3.03. The predicted molar refractivity (Wildman–Crippen MR) is 58.1 cm³/mol. The topological polar surface area (TPSA) is 69.6 Å². The number of carbonyl (C=O) groups is 2. The molecule has 0 radical (unpaired) electrons. The summed E-state index contributed by atoms with van der Waals surface area (Å²) in [7, 11) is 0. The Balaban J connectivity index is 1.90. The van der Waals surface area contributed by atoms with Crippen molar-refractivity contribution in [2.75, 3.05) is 6.54 Å². The summed E-state index contributed by atoms with van der Waals surface area (Å²) < 4.78 is 0. The van der Waals surface area contributed by atoms with Crippen molar-refractivity contribution in [2.24, 2.45) is 5.92 Å². The molecule has 2 fully saturated rings. The predicted octanol–water partition coefficient (Wildman–Crippen LogP) is 1.04. The van der Waals surface area contributed by atoms with Crippen molar-refractivity contribution in [3.05, 3.63) is 0 Å². The lowest BCUT2D eigenvalue weighted by molar-refractivity contribution is -0.137. The van der Waals surface area contributed by atoms with Crippen LogP contribution in [0.3, 0.4) is 0 Å². The third-order valence-corrected chi connectivity index (χ3v) is 3.68. The summed E-state index contributed by atoms with van der Waals surface area (Å²) in [5.74, 6) is -0.252. The standard InChI is InChI=1S/C11H18N2O3/c1-7(5-10(14)15)13-6-9(12-11(13)16)8-3-2-4-8/h7-9H,2-6H2,1H3,(H,12,16)(H,14,15). The highest BCUT2D eigenvalue weighted by molar-refractivity contribution is 5.78. The van der Waals surface area contributed by atoms with E-state index in [2.05, 4.69) is 5.32 Å². The third-order valence-electron chi connectivity index (χ3n) is 3.68. The molecule has 1 saturated carbocycles. The van der Waals surface area contributed by atoms with Gasteiger partial charge in [0, 0.05) is 12.6 Å². The van der Waals surface area contributed by atoms with Gasteiger partial charge in [0.2, 0.25) is 0 Å². The van der Waals surface area contributed by atoms with Crippen LogP contribution in [0.25, 0.3) is 0 Å². The zero-order chi connectivity index (χ0) is 11.7. The summed E-state index contributed by atoms with van der Waals surface area (Å²) in [4.78, 5) is 23.9. The van der Waals surface area contributed by atoms with Crippen molar-refractivity contribution < 1.29 is 14.7 Å². The first-order chi connectivity index (χ1) is 7.58. The summed E-state index contributed by atoms with van der Waals surface area (Å²) in [6.45, 7) is 2.45. The average molecular weight is 226 g/mol. The summed E-state index contributed by atoms with van der Waals surface area (Å²) >= 11 is 0. The number of nitrogens with one attached hydrogen (secondary N) is 1.